The molecule has 0 bridgehead atoms. The van der Waals surface area contributed by atoms with Gasteiger partial charge in [-0.3, -0.25) is 0 Å². The first kappa shape index (κ1) is 16.2. The lowest BCUT2D eigenvalue weighted by Crippen LogP contribution is -2.33. The zero-order chi connectivity index (χ0) is 15.4. The van der Waals surface area contributed by atoms with Crippen molar-refractivity contribution in [2.24, 2.45) is 4.40 Å². The summed E-state index contributed by atoms with van der Waals surface area (Å²) in [5.74, 6) is -1.83. The van der Waals surface area contributed by atoms with E-state index in [-0.39, 0.29) is 6.61 Å². The molecule has 0 saturated carbocycles. The van der Waals surface area contributed by atoms with E-state index in [1.807, 2.05) is 0 Å². The van der Waals surface area contributed by atoms with E-state index < -0.39 is 32.8 Å². The number of carbonyl (C=O) groups excluding carboxylic acids is 1. The van der Waals surface area contributed by atoms with Crippen LogP contribution in [0, 0.1) is 0 Å². The zero-order valence-corrected chi connectivity index (χ0v) is 11.0. The monoisotopic (exact) mass is 309 g/mol. The molecule has 0 aliphatic heterocycles. The van der Waals surface area contributed by atoms with Gasteiger partial charge in [-0.15, -0.1) is 4.40 Å². The largest absolute Gasteiger partial charge is 0.461 e. The number of sulfonamides is 1. The molecule has 0 radical (unpaired) electrons. The van der Waals surface area contributed by atoms with Crippen LogP contribution in [0.3, 0.4) is 0 Å². The standard InChI is InChI=1S/C11H10F3NO4S/c1-2-19-10(16)9(11(12,13)14)15-20(17,18)8-6-4-3-5-7-8/h3-7H,2H2,1H3/b15-9+. The Kier molecular flexibility index (Phi) is 4.88. The highest BCUT2D eigenvalue weighted by molar-refractivity contribution is 7.90. The predicted octanol–water partition coefficient (Wildman–Crippen LogP) is 1.94. The number of hydrogen-bond acceptors (Lipinski definition) is 4. The highest BCUT2D eigenvalue weighted by atomic mass is 32.2. The van der Waals surface area contributed by atoms with Crippen LogP contribution in [0.5, 0.6) is 0 Å². The second-order valence-corrected chi connectivity index (χ2v) is 5.05. The molecule has 0 amide bonds. The van der Waals surface area contributed by atoms with Crippen LogP contribution < -0.4 is 0 Å². The molecule has 9 heteroatoms. The van der Waals surface area contributed by atoms with Crippen molar-refractivity contribution < 1.29 is 31.1 Å². The Labute approximate surface area is 113 Å². The van der Waals surface area contributed by atoms with Crippen molar-refractivity contribution in [2.45, 2.75) is 18.0 Å². The number of nitrogens with zero attached hydrogens (tertiary/aromatic N) is 1. The van der Waals surface area contributed by atoms with Crippen molar-refractivity contribution in [1.29, 1.82) is 0 Å². The van der Waals surface area contributed by atoms with Gasteiger partial charge in [-0.05, 0) is 19.1 Å². The fourth-order valence-corrected chi connectivity index (χ4v) is 2.19. The lowest BCUT2D eigenvalue weighted by Gasteiger charge is -2.09. The van der Waals surface area contributed by atoms with E-state index in [0.29, 0.717) is 0 Å². The van der Waals surface area contributed by atoms with Crippen molar-refractivity contribution in [1.82, 2.24) is 0 Å². The molecular formula is C11H10F3NO4S. The molecule has 0 atom stereocenters. The summed E-state index contributed by atoms with van der Waals surface area (Å²) in [4.78, 5) is 10.7. The maximum atomic E-state index is 12.6. The van der Waals surface area contributed by atoms with Gasteiger partial charge in [-0.1, -0.05) is 18.2 Å². The number of benzene rings is 1. The van der Waals surface area contributed by atoms with E-state index in [1.165, 1.54) is 25.1 Å². The molecule has 0 aromatic heterocycles. The van der Waals surface area contributed by atoms with Crippen molar-refractivity contribution in [3.8, 4) is 0 Å². The van der Waals surface area contributed by atoms with Crippen LogP contribution in [0.15, 0.2) is 39.6 Å². The van der Waals surface area contributed by atoms with Crippen molar-refractivity contribution in [3.63, 3.8) is 0 Å². The minimum atomic E-state index is -5.23. The molecule has 0 saturated heterocycles. The highest BCUT2D eigenvalue weighted by Crippen LogP contribution is 2.21. The summed E-state index contributed by atoms with van der Waals surface area (Å²) in [6, 6.07) is 6.26. The second-order valence-electron chi connectivity index (χ2n) is 3.45. The van der Waals surface area contributed by atoms with Gasteiger partial charge >= 0.3 is 12.1 Å². The lowest BCUT2D eigenvalue weighted by molar-refractivity contribution is -0.139. The quantitative estimate of drug-likeness (QED) is 0.629. The van der Waals surface area contributed by atoms with Gasteiger partial charge in [0.15, 0.2) is 0 Å². The maximum Gasteiger partial charge on any atom is 0.441 e. The molecule has 20 heavy (non-hydrogen) atoms. The number of esters is 1. The molecule has 0 spiro atoms. The zero-order valence-electron chi connectivity index (χ0n) is 10.2. The first-order valence-corrected chi connectivity index (χ1v) is 6.77. The number of carbonyl (C=O) groups is 1. The number of hydrogen-bond donors (Lipinski definition) is 0. The molecule has 1 rings (SSSR count). The molecule has 5 nitrogen and oxygen atoms in total. The van der Waals surface area contributed by atoms with E-state index >= 15 is 0 Å². The number of rotatable bonds is 4. The summed E-state index contributed by atoms with van der Waals surface area (Å²) in [6.45, 7) is 0.955. The normalized spacial score (nSPS) is 13.1. The summed E-state index contributed by atoms with van der Waals surface area (Å²) < 4.78 is 68.1. The van der Waals surface area contributed by atoms with E-state index in [2.05, 4.69) is 9.13 Å². The number of ether oxygens (including phenoxy) is 1. The van der Waals surface area contributed by atoms with Crippen LogP contribution in [-0.4, -0.2) is 32.9 Å². The van der Waals surface area contributed by atoms with Crippen molar-refractivity contribution >= 4 is 21.7 Å². The van der Waals surface area contributed by atoms with E-state index in [1.54, 1.807) is 0 Å². The molecule has 0 aliphatic carbocycles. The van der Waals surface area contributed by atoms with Crippen LogP contribution in [0.2, 0.25) is 0 Å². The average molecular weight is 309 g/mol. The fourth-order valence-electron chi connectivity index (χ4n) is 1.17. The summed E-state index contributed by atoms with van der Waals surface area (Å²) in [5, 5.41) is 0. The van der Waals surface area contributed by atoms with Crippen LogP contribution in [-0.2, 0) is 19.6 Å². The average Bonchev–Trinajstić information content (AvgIpc) is 2.36. The van der Waals surface area contributed by atoms with E-state index in [4.69, 9.17) is 0 Å². The molecule has 1 aromatic rings. The van der Waals surface area contributed by atoms with Crippen molar-refractivity contribution in [3.05, 3.63) is 30.3 Å². The fraction of sp³-hybridized carbons (Fsp3) is 0.273. The van der Waals surface area contributed by atoms with Crippen molar-refractivity contribution in [2.75, 3.05) is 6.61 Å². The Morgan fingerprint density at radius 2 is 1.80 bits per heavy atom. The molecule has 110 valence electrons. The Bertz CT molecular complexity index is 608. The molecular weight excluding hydrogens is 299 g/mol. The molecule has 0 N–H and O–H groups in total. The van der Waals surface area contributed by atoms with E-state index in [9.17, 15) is 26.4 Å². The summed E-state index contributed by atoms with van der Waals surface area (Å²) in [5.41, 5.74) is -2.11. The van der Waals surface area contributed by atoms with Gasteiger partial charge in [-0.2, -0.15) is 21.6 Å². The lowest BCUT2D eigenvalue weighted by atomic mass is 10.4. The van der Waals surface area contributed by atoms with E-state index in [0.717, 1.165) is 12.1 Å². The predicted molar refractivity (Wildman–Crippen MR) is 63.8 cm³/mol. The SMILES string of the molecule is CCOC(=O)/C(=N\S(=O)(=O)c1ccccc1)C(F)(F)F. The third-order valence-corrected chi connectivity index (χ3v) is 3.28. The Hall–Kier alpha value is -1.90. The molecule has 1 aromatic carbocycles. The third-order valence-electron chi connectivity index (χ3n) is 1.99. The highest BCUT2D eigenvalue weighted by Gasteiger charge is 2.43. The van der Waals surface area contributed by atoms with Gasteiger partial charge in [0.1, 0.15) is 0 Å². The van der Waals surface area contributed by atoms with Gasteiger partial charge in [0.05, 0.1) is 11.5 Å². The topological polar surface area (TPSA) is 72.8 Å². The Morgan fingerprint density at radius 1 is 1.25 bits per heavy atom. The van der Waals surface area contributed by atoms with Crippen LogP contribution in [0.1, 0.15) is 6.92 Å². The van der Waals surface area contributed by atoms with Crippen LogP contribution in [0.25, 0.3) is 0 Å². The molecule has 0 fully saturated rings. The van der Waals surface area contributed by atoms with Gasteiger partial charge in [0.25, 0.3) is 10.0 Å². The maximum absolute atomic E-state index is 12.6. The number of alkyl halides is 3. The first-order valence-electron chi connectivity index (χ1n) is 5.33. The molecule has 0 unspecified atom stereocenters. The summed E-state index contributed by atoms with van der Waals surface area (Å²) in [6.07, 6.45) is -5.23. The number of halogens is 3. The summed E-state index contributed by atoms with van der Waals surface area (Å²) in [7, 11) is -4.64. The third kappa shape index (κ3) is 4.05. The van der Waals surface area contributed by atoms with Gasteiger partial charge < -0.3 is 4.74 Å². The molecule has 0 heterocycles. The van der Waals surface area contributed by atoms with Gasteiger partial charge in [-0.25, -0.2) is 4.79 Å². The van der Waals surface area contributed by atoms with Gasteiger partial charge in [0, 0.05) is 0 Å². The van der Waals surface area contributed by atoms with Gasteiger partial charge in [0.2, 0.25) is 5.71 Å². The minimum absolute atomic E-state index is 0.334. The smallest absolute Gasteiger partial charge is 0.441 e. The summed E-state index contributed by atoms with van der Waals surface area (Å²) >= 11 is 0. The first-order chi connectivity index (χ1) is 9.18. The minimum Gasteiger partial charge on any atom is -0.461 e. The Balaban J connectivity index is 3.31. The second kappa shape index (κ2) is 6.04. The molecule has 0 aliphatic rings. The van der Waals surface area contributed by atoms with Crippen LogP contribution >= 0.6 is 0 Å². The Morgan fingerprint density at radius 3 is 2.25 bits per heavy atom. The van der Waals surface area contributed by atoms with Crippen LogP contribution in [0.4, 0.5) is 13.2 Å².